The number of aliphatic hydroxyl groups excluding tert-OH is 1. The summed E-state index contributed by atoms with van der Waals surface area (Å²) >= 11 is 0. The summed E-state index contributed by atoms with van der Waals surface area (Å²) in [7, 11) is 0. The smallest absolute Gasteiger partial charge is 0.134 e. The van der Waals surface area contributed by atoms with Crippen LogP contribution in [0.3, 0.4) is 0 Å². The van der Waals surface area contributed by atoms with Crippen LogP contribution < -0.4 is 4.74 Å². The molecule has 1 unspecified atom stereocenters. The lowest BCUT2D eigenvalue weighted by Gasteiger charge is -2.11. The molecular formula is C17H22O3. The van der Waals surface area contributed by atoms with Crippen molar-refractivity contribution in [2.45, 2.75) is 38.2 Å². The van der Waals surface area contributed by atoms with E-state index in [9.17, 15) is 0 Å². The molecule has 20 heavy (non-hydrogen) atoms. The molecule has 0 aliphatic carbocycles. The maximum atomic E-state index is 8.75. The van der Waals surface area contributed by atoms with E-state index in [0.29, 0.717) is 19.1 Å². The van der Waals surface area contributed by atoms with Crippen LogP contribution in [0.5, 0.6) is 5.75 Å². The van der Waals surface area contributed by atoms with Gasteiger partial charge in [0.25, 0.3) is 0 Å². The zero-order valence-corrected chi connectivity index (χ0v) is 11.8. The maximum Gasteiger partial charge on any atom is 0.134 e. The third-order valence-corrected chi connectivity index (χ3v) is 3.30. The van der Waals surface area contributed by atoms with Crippen LogP contribution in [0.2, 0.25) is 0 Å². The van der Waals surface area contributed by atoms with Gasteiger partial charge in [0.1, 0.15) is 5.75 Å². The largest absolute Gasteiger partial charge is 0.492 e. The van der Waals surface area contributed by atoms with E-state index in [2.05, 4.69) is 11.8 Å². The second-order valence-electron chi connectivity index (χ2n) is 4.90. The van der Waals surface area contributed by atoms with Crippen LogP contribution in [0, 0.1) is 11.8 Å². The van der Waals surface area contributed by atoms with E-state index in [1.807, 2.05) is 24.3 Å². The van der Waals surface area contributed by atoms with Crippen molar-refractivity contribution in [1.29, 1.82) is 0 Å². The molecule has 1 aromatic rings. The molecule has 1 atom stereocenters. The highest BCUT2D eigenvalue weighted by atomic mass is 16.5. The fraction of sp³-hybridized carbons (Fsp3) is 0.529. The zero-order valence-electron chi connectivity index (χ0n) is 11.8. The molecule has 0 aromatic heterocycles. The fourth-order valence-electron chi connectivity index (χ4n) is 2.27. The van der Waals surface area contributed by atoms with Crippen LogP contribution in [0.25, 0.3) is 0 Å². The summed E-state index contributed by atoms with van der Waals surface area (Å²) in [5.41, 5.74) is 0.887. The van der Waals surface area contributed by atoms with Crippen LogP contribution in [-0.4, -0.2) is 31.0 Å². The molecule has 108 valence electrons. The first-order chi connectivity index (χ1) is 9.90. The zero-order chi connectivity index (χ0) is 14.0. The number of rotatable bonds is 6. The summed E-state index contributed by atoms with van der Waals surface area (Å²) in [4.78, 5) is 0. The number of ether oxygens (including phenoxy) is 2. The maximum absolute atomic E-state index is 8.75. The Morgan fingerprint density at radius 2 is 2.25 bits per heavy atom. The second kappa shape index (κ2) is 8.63. The Kier molecular flexibility index (Phi) is 6.43. The summed E-state index contributed by atoms with van der Waals surface area (Å²) in [5.74, 6) is 6.79. The Balaban J connectivity index is 1.78. The highest BCUT2D eigenvalue weighted by molar-refractivity contribution is 5.45. The van der Waals surface area contributed by atoms with E-state index in [4.69, 9.17) is 14.6 Å². The molecule has 1 heterocycles. The minimum atomic E-state index is 0.0947. The predicted molar refractivity (Wildman–Crippen MR) is 78.7 cm³/mol. The van der Waals surface area contributed by atoms with Gasteiger partial charge in [-0.05, 0) is 37.8 Å². The van der Waals surface area contributed by atoms with Crippen molar-refractivity contribution in [2.24, 2.45) is 0 Å². The third-order valence-electron chi connectivity index (χ3n) is 3.30. The molecule has 0 spiro atoms. The molecule has 1 fully saturated rings. The molecule has 1 aliphatic heterocycles. The number of aliphatic hydroxyl groups is 1. The van der Waals surface area contributed by atoms with Crippen molar-refractivity contribution in [2.75, 3.05) is 19.8 Å². The van der Waals surface area contributed by atoms with E-state index in [1.54, 1.807) is 0 Å². The molecule has 1 N–H and O–H groups in total. The van der Waals surface area contributed by atoms with E-state index < -0.39 is 0 Å². The average Bonchev–Trinajstić information content (AvgIpc) is 2.98. The van der Waals surface area contributed by atoms with E-state index >= 15 is 0 Å². The van der Waals surface area contributed by atoms with Crippen molar-refractivity contribution >= 4 is 0 Å². The third kappa shape index (κ3) is 4.88. The minimum Gasteiger partial charge on any atom is -0.492 e. The first-order valence-electron chi connectivity index (χ1n) is 7.33. The molecule has 0 radical (unpaired) electrons. The number of hydrogen-bond donors (Lipinski definition) is 1. The molecule has 0 bridgehead atoms. The van der Waals surface area contributed by atoms with Crippen molar-refractivity contribution in [3.05, 3.63) is 29.8 Å². The van der Waals surface area contributed by atoms with Crippen LogP contribution >= 0.6 is 0 Å². The van der Waals surface area contributed by atoms with Crippen LogP contribution in [0.15, 0.2) is 24.3 Å². The Morgan fingerprint density at radius 3 is 3.05 bits per heavy atom. The number of hydrogen-bond acceptors (Lipinski definition) is 3. The Labute approximate surface area is 120 Å². The van der Waals surface area contributed by atoms with Crippen molar-refractivity contribution in [1.82, 2.24) is 0 Å². The van der Waals surface area contributed by atoms with Crippen molar-refractivity contribution in [3.8, 4) is 17.6 Å². The van der Waals surface area contributed by atoms with Gasteiger partial charge in [0.15, 0.2) is 0 Å². The molecule has 2 rings (SSSR count). The molecule has 3 heteroatoms. The van der Waals surface area contributed by atoms with Crippen LogP contribution in [-0.2, 0) is 4.74 Å². The SMILES string of the molecule is OCCC#Cc1ccccc1OCCCC1CCCO1. The topological polar surface area (TPSA) is 38.7 Å². The lowest BCUT2D eigenvalue weighted by molar-refractivity contribution is 0.0981. The predicted octanol–water partition coefficient (Wildman–Crippen LogP) is 2.76. The summed E-state index contributed by atoms with van der Waals surface area (Å²) in [6.45, 7) is 1.70. The van der Waals surface area contributed by atoms with Crippen molar-refractivity contribution < 1.29 is 14.6 Å². The average molecular weight is 274 g/mol. The lowest BCUT2D eigenvalue weighted by atomic mass is 10.1. The van der Waals surface area contributed by atoms with Gasteiger partial charge in [-0.3, -0.25) is 0 Å². The first kappa shape index (κ1) is 14.9. The highest BCUT2D eigenvalue weighted by Gasteiger charge is 2.14. The Hall–Kier alpha value is -1.50. The van der Waals surface area contributed by atoms with E-state index in [0.717, 1.165) is 30.8 Å². The molecule has 1 saturated heterocycles. The standard InChI is InChI=1S/C17H22O3/c18-12-4-3-8-15-7-1-2-11-17(15)20-14-6-10-16-9-5-13-19-16/h1-2,7,11,16,18H,4-6,9-10,12-14H2. The van der Waals surface area contributed by atoms with Crippen LogP contribution in [0.1, 0.15) is 37.7 Å². The van der Waals surface area contributed by atoms with Gasteiger partial charge >= 0.3 is 0 Å². The first-order valence-corrected chi connectivity index (χ1v) is 7.33. The van der Waals surface area contributed by atoms with Crippen molar-refractivity contribution in [3.63, 3.8) is 0 Å². The van der Waals surface area contributed by atoms with Crippen LogP contribution in [0.4, 0.5) is 0 Å². The van der Waals surface area contributed by atoms with Gasteiger partial charge in [0, 0.05) is 13.0 Å². The Morgan fingerprint density at radius 1 is 1.35 bits per heavy atom. The van der Waals surface area contributed by atoms with Gasteiger partial charge < -0.3 is 14.6 Å². The molecular weight excluding hydrogens is 252 g/mol. The summed E-state index contributed by atoms with van der Waals surface area (Å²) in [5, 5.41) is 8.75. The minimum absolute atomic E-state index is 0.0947. The molecule has 3 nitrogen and oxygen atoms in total. The lowest BCUT2D eigenvalue weighted by Crippen LogP contribution is -2.08. The Bertz CT molecular complexity index is 453. The molecule has 0 amide bonds. The van der Waals surface area contributed by atoms with Gasteiger partial charge in [-0.25, -0.2) is 0 Å². The van der Waals surface area contributed by atoms with E-state index in [-0.39, 0.29) is 6.61 Å². The molecule has 0 saturated carbocycles. The summed E-state index contributed by atoms with van der Waals surface area (Å²) in [6, 6.07) is 7.78. The number of benzene rings is 1. The summed E-state index contributed by atoms with van der Waals surface area (Å²) in [6.07, 6.45) is 5.37. The molecule has 1 aromatic carbocycles. The second-order valence-corrected chi connectivity index (χ2v) is 4.90. The molecule has 1 aliphatic rings. The number of para-hydroxylation sites is 1. The van der Waals surface area contributed by atoms with E-state index in [1.165, 1.54) is 12.8 Å². The summed E-state index contributed by atoms with van der Waals surface area (Å²) < 4.78 is 11.4. The van der Waals surface area contributed by atoms with Gasteiger partial charge in [-0.15, -0.1) is 0 Å². The van der Waals surface area contributed by atoms with Gasteiger partial charge in [0.05, 0.1) is 24.9 Å². The van der Waals surface area contributed by atoms with Gasteiger partial charge in [-0.2, -0.15) is 0 Å². The fourth-order valence-corrected chi connectivity index (χ4v) is 2.27. The normalized spacial score (nSPS) is 17.6. The van der Waals surface area contributed by atoms with Gasteiger partial charge in [0.2, 0.25) is 0 Å². The quantitative estimate of drug-likeness (QED) is 0.640. The monoisotopic (exact) mass is 274 g/mol. The van der Waals surface area contributed by atoms with Gasteiger partial charge in [-0.1, -0.05) is 24.0 Å². The highest BCUT2D eigenvalue weighted by Crippen LogP contribution is 2.19.